The highest BCUT2D eigenvalue weighted by Crippen LogP contribution is 2.48. The molecule has 4 aromatic rings. The number of nitrogens with zero attached hydrogens (tertiary/aromatic N) is 2. The first kappa shape index (κ1) is 23.8. The Bertz CT molecular complexity index is 1600. The van der Waals surface area contributed by atoms with Crippen LogP contribution >= 0.6 is 11.3 Å². The number of halogens is 1. The Morgan fingerprint density at radius 3 is 2.39 bits per heavy atom. The summed E-state index contributed by atoms with van der Waals surface area (Å²) in [5, 5.41) is 14.7. The van der Waals surface area contributed by atoms with Gasteiger partial charge in [-0.25, -0.2) is 4.39 Å². The lowest BCUT2D eigenvalue weighted by Gasteiger charge is -2.35. The number of anilines is 2. The number of nitrogens with one attached hydrogen (secondary N) is 1. The number of ketones is 1. The number of Topliss-reactive ketones (excluding diaryl/α,β-unsaturated/α-hetero) is 1. The van der Waals surface area contributed by atoms with E-state index in [4.69, 9.17) is 0 Å². The van der Waals surface area contributed by atoms with Gasteiger partial charge in [0.1, 0.15) is 5.82 Å². The molecule has 2 atom stereocenters. The highest BCUT2D eigenvalue weighted by atomic mass is 32.1. The molecule has 0 radical (unpaired) electrons. The Morgan fingerprint density at radius 1 is 0.947 bits per heavy atom. The van der Waals surface area contributed by atoms with Crippen LogP contribution in [0.4, 0.5) is 15.8 Å². The van der Waals surface area contributed by atoms with Gasteiger partial charge in [0.05, 0.1) is 33.9 Å². The normalized spacial score (nSPS) is 18.6. The summed E-state index contributed by atoms with van der Waals surface area (Å²) in [6, 6.07) is 26.0. The lowest BCUT2D eigenvalue weighted by Crippen LogP contribution is -2.38. The number of nitriles is 1. The highest BCUT2D eigenvalue weighted by molar-refractivity contribution is 7.12. The summed E-state index contributed by atoms with van der Waals surface area (Å²) in [5.74, 6) is -0.714. The Balaban J connectivity index is 1.55. The van der Waals surface area contributed by atoms with Gasteiger partial charge in [-0.3, -0.25) is 14.5 Å². The van der Waals surface area contributed by atoms with Gasteiger partial charge in [0, 0.05) is 17.7 Å². The van der Waals surface area contributed by atoms with Crippen LogP contribution in [0.15, 0.2) is 102 Å². The van der Waals surface area contributed by atoms with E-state index in [1.807, 2.05) is 47.8 Å². The molecule has 0 saturated heterocycles. The second-order valence-corrected chi connectivity index (χ2v) is 10.4. The van der Waals surface area contributed by atoms with Gasteiger partial charge in [0.15, 0.2) is 5.78 Å². The van der Waals surface area contributed by atoms with Crippen molar-refractivity contribution in [3.63, 3.8) is 0 Å². The minimum absolute atomic E-state index is 0.0702. The summed E-state index contributed by atoms with van der Waals surface area (Å²) < 4.78 is 13.6. The zero-order chi connectivity index (χ0) is 26.2. The number of fused-ring (bicyclic) bond motifs is 1. The van der Waals surface area contributed by atoms with Crippen molar-refractivity contribution in [2.75, 3.05) is 10.2 Å². The van der Waals surface area contributed by atoms with Crippen LogP contribution in [0, 0.1) is 17.1 Å². The predicted octanol–water partition coefficient (Wildman–Crippen LogP) is 6.97. The maximum atomic E-state index is 14.1. The monoisotopic (exact) mass is 519 g/mol. The van der Waals surface area contributed by atoms with Crippen molar-refractivity contribution < 1.29 is 14.0 Å². The number of hydrogen-bond acceptors (Lipinski definition) is 5. The molecule has 0 fully saturated rings. The zero-order valence-electron chi connectivity index (χ0n) is 20.2. The van der Waals surface area contributed by atoms with Crippen LogP contribution in [0.2, 0.25) is 0 Å². The summed E-state index contributed by atoms with van der Waals surface area (Å²) in [6.07, 6.45) is 0.783. The topological polar surface area (TPSA) is 73.2 Å². The van der Waals surface area contributed by atoms with E-state index in [1.54, 1.807) is 35.2 Å². The minimum Gasteiger partial charge on any atom is -0.357 e. The van der Waals surface area contributed by atoms with Gasteiger partial charge in [-0.05, 0) is 71.3 Å². The van der Waals surface area contributed by atoms with Crippen molar-refractivity contribution in [2.45, 2.75) is 24.8 Å². The van der Waals surface area contributed by atoms with Gasteiger partial charge in [0.25, 0.3) is 5.91 Å². The van der Waals surface area contributed by atoms with Crippen molar-refractivity contribution in [1.29, 1.82) is 5.26 Å². The van der Waals surface area contributed by atoms with Crippen LogP contribution in [-0.2, 0) is 4.79 Å². The van der Waals surface area contributed by atoms with E-state index >= 15 is 0 Å². The molecule has 1 aliphatic heterocycles. The third-order valence-corrected chi connectivity index (χ3v) is 7.99. The maximum absolute atomic E-state index is 14.1. The van der Waals surface area contributed by atoms with Crippen LogP contribution in [0.3, 0.4) is 0 Å². The molecule has 1 aromatic heterocycles. The first-order valence-corrected chi connectivity index (χ1v) is 13.2. The molecular weight excluding hydrogens is 497 g/mol. The standard InChI is InChI=1S/C31H22FN3O2S/c32-23-13-11-20(12-14-23)22-16-25-29(27(36)17-22)30(21-9-7-19(18-33)8-10-21)35(31(37)28-6-3-15-38-28)26-5-2-1-4-24(26)34-25/h1-15,22,30,34H,16-17H2/t22-,30-/m0/s1. The van der Waals surface area contributed by atoms with Crippen molar-refractivity contribution in [1.82, 2.24) is 0 Å². The molecule has 5 nitrogen and oxygen atoms in total. The zero-order valence-corrected chi connectivity index (χ0v) is 21.0. The third kappa shape index (κ3) is 4.19. The molecule has 38 heavy (non-hydrogen) atoms. The third-order valence-electron chi connectivity index (χ3n) is 7.14. The lowest BCUT2D eigenvalue weighted by atomic mass is 9.78. The number of para-hydroxylation sites is 2. The van der Waals surface area contributed by atoms with Crippen LogP contribution in [-0.4, -0.2) is 11.7 Å². The smallest absolute Gasteiger partial charge is 0.269 e. The predicted molar refractivity (Wildman–Crippen MR) is 145 cm³/mol. The van der Waals surface area contributed by atoms with E-state index in [1.165, 1.54) is 23.5 Å². The number of thiophene rings is 1. The molecule has 1 amide bonds. The van der Waals surface area contributed by atoms with E-state index in [2.05, 4.69) is 11.4 Å². The first-order chi connectivity index (χ1) is 18.5. The van der Waals surface area contributed by atoms with Crippen molar-refractivity contribution in [3.8, 4) is 6.07 Å². The highest BCUT2D eigenvalue weighted by Gasteiger charge is 2.42. The van der Waals surface area contributed by atoms with E-state index in [-0.39, 0.29) is 29.8 Å². The molecule has 0 unspecified atom stereocenters. The van der Waals surface area contributed by atoms with E-state index in [0.29, 0.717) is 28.1 Å². The second kappa shape index (κ2) is 9.73. The fourth-order valence-electron chi connectivity index (χ4n) is 5.36. The van der Waals surface area contributed by atoms with Crippen molar-refractivity contribution in [2.24, 2.45) is 0 Å². The van der Waals surface area contributed by atoms with E-state index in [9.17, 15) is 19.2 Å². The molecular formula is C31H22FN3O2S. The van der Waals surface area contributed by atoms with Gasteiger partial charge in [0.2, 0.25) is 0 Å². The number of rotatable bonds is 3. The summed E-state index contributed by atoms with van der Waals surface area (Å²) in [6.45, 7) is 0. The summed E-state index contributed by atoms with van der Waals surface area (Å²) in [4.78, 5) is 30.3. The van der Waals surface area contributed by atoms with Crippen molar-refractivity contribution in [3.05, 3.63) is 129 Å². The quantitative estimate of drug-likeness (QED) is 0.317. The molecule has 7 heteroatoms. The largest absolute Gasteiger partial charge is 0.357 e. The number of amides is 1. The summed E-state index contributed by atoms with van der Waals surface area (Å²) >= 11 is 1.35. The Morgan fingerprint density at radius 2 is 1.68 bits per heavy atom. The average molecular weight is 520 g/mol. The van der Waals surface area contributed by atoms with Gasteiger partial charge in [-0.2, -0.15) is 5.26 Å². The molecule has 6 rings (SSSR count). The fraction of sp³-hybridized carbons (Fsp3) is 0.129. The number of allylic oxidation sites excluding steroid dienone is 1. The number of benzene rings is 3. The lowest BCUT2D eigenvalue weighted by molar-refractivity contribution is -0.116. The Kier molecular flexibility index (Phi) is 6.10. The summed E-state index contributed by atoms with van der Waals surface area (Å²) in [7, 11) is 0. The molecule has 0 spiro atoms. The molecule has 3 aromatic carbocycles. The van der Waals surface area contributed by atoms with Gasteiger partial charge in [-0.15, -0.1) is 11.3 Å². The van der Waals surface area contributed by atoms with Crippen LogP contribution < -0.4 is 10.2 Å². The molecule has 0 saturated carbocycles. The second-order valence-electron chi connectivity index (χ2n) is 9.40. The van der Waals surface area contributed by atoms with Gasteiger partial charge < -0.3 is 5.32 Å². The molecule has 2 aliphatic rings. The van der Waals surface area contributed by atoms with E-state index in [0.717, 1.165) is 22.5 Å². The number of hydrogen-bond donors (Lipinski definition) is 1. The number of carbonyl (C=O) groups excluding carboxylic acids is 2. The molecule has 2 heterocycles. The van der Waals surface area contributed by atoms with Gasteiger partial charge >= 0.3 is 0 Å². The minimum atomic E-state index is -0.690. The molecule has 1 aliphatic carbocycles. The van der Waals surface area contributed by atoms with Gasteiger partial charge in [-0.1, -0.05) is 42.5 Å². The summed E-state index contributed by atoms with van der Waals surface area (Å²) in [5.41, 5.74) is 4.82. The van der Waals surface area contributed by atoms with Crippen LogP contribution in [0.25, 0.3) is 0 Å². The Labute approximate surface area is 223 Å². The molecule has 0 bridgehead atoms. The van der Waals surface area contributed by atoms with Crippen LogP contribution in [0.5, 0.6) is 0 Å². The van der Waals surface area contributed by atoms with Crippen LogP contribution in [0.1, 0.15) is 51.2 Å². The van der Waals surface area contributed by atoms with E-state index < -0.39 is 6.04 Å². The number of carbonyl (C=O) groups is 2. The van der Waals surface area contributed by atoms with Crippen molar-refractivity contribution >= 4 is 34.4 Å². The average Bonchev–Trinajstić information content (AvgIpc) is 3.43. The molecule has 186 valence electrons. The molecule has 1 N–H and O–H groups in total. The SMILES string of the molecule is N#Cc1ccc([C@H]2C3=C(C[C@H](c4ccc(F)cc4)CC3=O)Nc3ccccc3N2C(=O)c2cccs2)cc1. The fourth-order valence-corrected chi connectivity index (χ4v) is 6.02. The maximum Gasteiger partial charge on any atom is 0.269 e. The Hall–Kier alpha value is -4.54. The first-order valence-electron chi connectivity index (χ1n) is 12.3.